The van der Waals surface area contributed by atoms with Gasteiger partial charge in [-0.3, -0.25) is 4.79 Å². The Morgan fingerprint density at radius 2 is 2.21 bits per heavy atom. The summed E-state index contributed by atoms with van der Waals surface area (Å²) in [7, 11) is 5.39. The molecule has 1 aliphatic carbocycles. The molecule has 33 heavy (non-hydrogen) atoms. The maximum Gasteiger partial charge on any atom is 0.255 e. The van der Waals surface area contributed by atoms with Crippen molar-refractivity contribution in [1.82, 2.24) is 24.6 Å². The largest absolute Gasteiger partial charge is 0.383 e. The number of nitrogens with one attached hydrogen (secondary N) is 1. The normalized spacial score (nSPS) is 22.5. The minimum Gasteiger partial charge on any atom is -0.383 e. The monoisotopic (exact) mass is 464 g/mol. The molecule has 5 rings (SSSR count). The highest BCUT2D eigenvalue weighted by Crippen LogP contribution is 2.37. The second kappa shape index (κ2) is 7.98. The summed E-state index contributed by atoms with van der Waals surface area (Å²) in [5, 5.41) is 7.11. The van der Waals surface area contributed by atoms with E-state index in [-0.39, 0.29) is 28.7 Å². The van der Waals surface area contributed by atoms with Crippen LogP contribution in [0.1, 0.15) is 46.9 Å². The maximum absolute atomic E-state index is 14.8. The summed E-state index contributed by atoms with van der Waals surface area (Å²) in [5.74, 6) is 4.45. The summed E-state index contributed by atoms with van der Waals surface area (Å²) >= 11 is 0. The fourth-order valence-electron chi connectivity index (χ4n) is 4.35. The van der Waals surface area contributed by atoms with Crippen LogP contribution >= 0.6 is 0 Å². The number of nitrogens with two attached hydrogens (primary N) is 2. The maximum atomic E-state index is 14.8. The van der Waals surface area contributed by atoms with Crippen LogP contribution in [0.25, 0.3) is 11.0 Å². The molecule has 2 atom stereocenters. The lowest BCUT2D eigenvalue weighted by Crippen LogP contribution is -2.38. The van der Waals surface area contributed by atoms with Crippen molar-refractivity contribution >= 4 is 33.0 Å². The number of rotatable bonds is 5. The molecule has 1 saturated carbocycles. The minimum absolute atomic E-state index is 0.00909. The van der Waals surface area contributed by atoms with E-state index in [0.717, 1.165) is 18.4 Å². The van der Waals surface area contributed by atoms with Gasteiger partial charge in [-0.05, 0) is 31.2 Å². The summed E-state index contributed by atoms with van der Waals surface area (Å²) < 4.78 is 23.5. The van der Waals surface area contributed by atoms with Crippen LogP contribution in [-0.4, -0.2) is 61.8 Å². The molecule has 9 nitrogen and oxygen atoms in total. The zero-order chi connectivity index (χ0) is 23.3. The Labute approximate surface area is 193 Å². The van der Waals surface area contributed by atoms with E-state index in [1.54, 1.807) is 19.5 Å². The predicted molar refractivity (Wildman–Crippen MR) is 121 cm³/mol. The molecule has 2 aliphatic rings. The molecule has 0 unspecified atom stereocenters. The first-order valence-electron chi connectivity index (χ1n) is 10.6. The molecular weight excluding hydrogens is 441 g/mol. The molecule has 1 aliphatic heterocycles. The van der Waals surface area contributed by atoms with Crippen molar-refractivity contribution in [1.29, 1.82) is 0 Å². The molecule has 3 heterocycles. The van der Waals surface area contributed by atoms with Gasteiger partial charge in [-0.25, -0.2) is 14.1 Å². The number of carbonyl (C=O) groups is 1. The number of nitrogen functional groups attached to an aromatic ring is 1. The summed E-state index contributed by atoms with van der Waals surface area (Å²) in [4.78, 5) is 16.5. The third-order valence-corrected chi connectivity index (χ3v) is 6.72. The lowest BCUT2D eigenvalue weighted by atomic mass is 10.1. The van der Waals surface area contributed by atoms with Crippen LogP contribution in [-0.2, 0) is 9.90 Å². The third kappa shape index (κ3) is 3.80. The van der Waals surface area contributed by atoms with Gasteiger partial charge in [0.15, 0.2) is 5.69 Å². The number of primary amides is 1. The summed E-state index contributed by atoms with van der Waals surface area (Å²) in [6.07, 6.45) is 4.49. The number of hydrogen-bond donors (Lipinski definition) is 3. The lowest BCUT2D eigenvalue weighted by Gasteiger charge is -2.25. The second-order valence-electron chi connectivity index (χ2n) is 8.61. The Balaban J connectivity index is 1.51. The molecule has 1 amide bonds. The highest BCUT2D eigenvalue weighted by molar-refractivity contribution is 6.14. The van der Waals surface area contributed by atoms with Crippen LogP contribution in [0.15, 0.2) is 18.5 Å². The number of hydrogen-bond acceptors (Lipinski definition) is 6. The highest BCUT2D eigenvalue weighted by atomic mass is 28.1. The fourth-order valence-corrected chi connectivity index (χ4v) is 4.87. The van der Waals surface area contributed by atoms with Crippen LogP contribution in [0.3, 0.4) is 0 Å². The van der Waals surface area contributed by atoms with Crippen LogP contribution in [0.4, 0.5) is 10.2 Å². The van der Waals surface area contributed by atoms with Gasteiger partial charge in [0.2, 0.25) is 0 Å². The first kappa shape index (κ1) is 21.6. The Bertz CT molecular complexity index is 1320. The van der Waals surface area contributed by atoms with Crippen LogP contribution in [0, 0.1) is 17.7 Å². The number of imidazole rings is 1. The molecule has 1 aromatic carbocycles. The molecule has 0 spiro atoms. The molecule has 169 valence electrons. The number of amides is 1. The molecule has 3 radical (unpaired) electrons. The molecule has 11 heteroatoms. The molecular formula is C22H23FN7O2Si. The van der Waals surface area contributed by atoms with Gasteiger partial charge in [0.25, 0.3) is 5.91 Å². The third-order valence-electron chi connectivity index (χ3n) is 6.13. The van der Waals surface area contributed by atoms with E-state index in [4.69, 9.17) is 16.2 Å². The Hall–Kier alpha value is -3.20. The number of carbonyl (C=O) groups excluding carboxylic acids is 1. The number of ether oxygens (including phenoxy) is 1. The van der Waals surface area contributed by atoms with Crippen LogP contribution in [0.5, 0.6) is 0 Å². The number of halogens is 1. The molecule has 2 aromatic heterocycles. The van der Waals surface area contributed by atoms with E-state index in [2.05, 4.69) is 37.5 Å². The van der Waals surface area contributed by atoms with E-state index in [1.165, 1.54) is 10.7 Å². The summed E-state index contributed by atoms with van der Waals surface area (Å²) in [6.45, 7) is 1.02. The van der Waals surface area contributed by atoms with Crippen LogP contribution in [0.2, 0.25) is 0 Å². The number of benzene rings is 1. The Morgan fingerprint density at radius 3 is 2.91 bits per heavy atom. The van der Waals surface area contributed by atoms with Gasteiger partial charge < -0.3 is 26.1 Å². The van der Waals surface area contributed by atoms with Crippen molar-refractivity contribution in [2.75, 3.05) is 26.0 Å². The summed E-state index contributed by atoms with van der Waals surface area (Å²) in [5.41, 5.74) is 13.5. The lowest BCUT2D eigenvalue weighted by molar-refractivity contribution is 0.100. The number of aromatic nitrogens is 4. The quantitative estimate of drug-likeness (QED) is 0.375. The SMILES string of the molecule is COC[C@H]1C[C@]([Si])(n2nc(C#Cc3cc4ncn(C5CC5)c4cc3F)c(C(N)=O)c2N)CN1. The minimum atomic E-state index is -0.753. The zero-order valence-corrected chi connectivity index (χ0v) is 19.1. The average Bonchev–Trinajstić information content (AvgIpc) is 3.28. The predicted octanol–water partition coefficient (Wildman–Crippen LogP) is 0.617. The van der Waals surface area contributed by atoms with Gasteiger partial charge in [0.05, 0.1) is 44.9 Å². The first-order chi connectivity index (χ1) is 15.8. The molecule has 2 fully saturated rings. The Kier molecular flexibility index (Phi) is 5.23. The smallest absolute Gasteiger partial charge is 0.255 e. The Morgan fingerprint density at radius 1 is 1.42 bits per heavy atom. The van der Waals surface area contributed by atoms with Crippen LogP contribution < -0.4 is 16.8 Å². The van der Waals surface area contributed by atoms with E-state index in [0.29, 0.717) is 31.1 Å². The highest BCUT2D eigenvalue weighted by Gasteiger charge is 2.40. The van der Waals surface area contributed by atoms with Gasteiger partial charge in [-0.2, -0.15) is 5.10 Å². The molecule has 0 bridgehead atoms. The van der Waals surface area contributed by atoms with E-state index >= 15 is 0 Å². The summed E-state index contributed by atoms with van der Waals surface area (Å²) in [6, 6.07) is 3.52. The van der Waals surface area contributed by atoms with Crippen molar-refractivity contribution in [2.45, 2.75) is 36.5 Å². The van der Waals surface area contributed by atoms with Gasteiger partial charge in [-0.15, -0.1) is 0 Å². The first-order valence-corrected chi connectivity index (χ1v) is 11.1. The van der Waals surface area contributed by atoms with Gasteiger partial charge in [0.1, 0.15) is 17.2 Å². The average molecular weight is 465 g/mol. The molecule has 1 saturated heterocycles. The van der Waals surface area contributed by atoms with Crippen molar-refractivity contribution in [2.24, 2.45) is 5.73 Å². The van der Waals surface area contributed by atoms with Crippen molar-refractivity contribution in [3.05, 3.63) is 41.1 Å². The van der Waals surface area contributed by atoms with E-state index in [1.807, 2.05) is 4.57 Å². The number of methoxy groups -OCH3 is 1. The fraction of sp³-hybridized carbons (Fsp3) is 0.409. The van der Waals surface area contributed by atoms with E-state index < -0.39 is 16.9 Å². The number of fused-ring (bicyclic) bond motifs is 1. The van der Waals surface area contributed by atoms with Crippen molar-refractivity contribution in [3.8, 4) is 11.8 Å². The second-order valence-corrected chi connectivity index (χ2v) is 9.54. The molecule has 3 aromatic rings. The topological polar surface area (TPSA) is 126 Å². The van der Waals surface area contributed by atoms with E-state index in [9.17, 15) is 9.18 Å². The zero-order valence-electron chi connectivity index (χ0n) is 18.1. The van der Waals surface area contributed by atoms with Crippen molar-refractivity contribution in [3.63, 3.8) is 0 Å². The van der Waals surface area contributed by atoms with Gasteiger partial charge in [-0.1, -0.05) is 5.92 Å². The molecule has 5 N–H and O–H groups in total. The van der Waals surface area contributed by atoms with Gasteiger partial charge >= 0.3 is 0 Å². The van der Waals surface area contributed by atoms with Gasteiger partial charge in [0, 0.05) is 31.8 Å². The van der Waals surface area contributed by atoms with Crippen molar-refractivity contribution < 1.29 is 13.9 Å². The number of anilines is 1. The standard InChI is InChI=1S/C22H23FN7O2Si/c1-32-9-13-8-22(33,10-26-13)30-20(24)19(21(25)31)16(28-30)5-2-12-6-17-18(7-15(12)23)29(11-27-17)14-3-4-14/h6-7,11,13-14,26H,3-4,8-10,24H2,1H3,(H2,25,31)/t13-,22-/m1/s1. The number of nitrogens with zero attached hydrogens (tertiary/aromatic N) is 4.